The molecule has 0 atom stereocenters. The average molecular weight is 447 g/mol. The zero-order valence-electron chi connectivity index (χ0n) is 20.5. The molecule has 0 bridgehead atoms. The Kier molecular flexibility index (Phi) is 7.36. The molecule has 1 aromatic heterocycles. The largest absolute Gasteiger partial charge is 0.334 e. The van der Waals surface area contributed by atoms with Crippen LogP contribution in [-0.2, 0) is 9.59 Å². The van der Waals surface area contributed by atoms with E-state index in [1.54, 1.807) is 9.58 Å². The van der Waals surface area contributed by atoms with Gasteiger partial charge in [0.05, 0.1) is 17.9 Å². The molecule has 2 amide bonds. The number of anilines is 1. The van der Waals surface area contributed by atoms with Gasteiger partial charge in [-0.15, -0.1) is 0 Å². The molecule has 0 radical (unpaired) electrons. The summed E-state index contributed by atoms with van der Waals surface area (Å²) in [7, 11) is 0. The van der Waals surface area contributed by atoms with Crippen molar-refractivity contribution in [2.45, 2.75) is 48.0 Å². The quantitative estimate of drug-likeness (QED) is 0.530. The van der Waals surface area contributed by atoms with Gasteiger partial charge in [0.25, 0.3) is 0 Å². The highest BCUT2D eigenvalue weighted by atomic mass is 16.2. The second-order valence-electron chi connectivity index (χ2n) is 9.57. The molecule has 0 aliphatic carbocycles. The molecule has 0 spiro atoms. The highest BCUT2D eigenvalue weighted by Gasteiger charge is 2.24. The van der Waals surface area contributed by atoms with Crippen LogP contribution in [0.4, 0.5) is 5.82 Å². The first-order valence-electron chi connectivity index (χ1n) is 11.4. The second-order valence-corrected chi connectivity index (χ2v) is 9.57. The summed E-state index contributed by atoms with van der Waals surface area (Å²) in [5.41, 5.74) is 4.47. The van der Waals surface area contributed by atoms with Gasteiger partial charge in [-0.25, -0.2) is 4.68 Å². The van der Waals surface area contributed by atoms with Gasteiger partial charge < -0.3 is 10.2 Å². The van der Waals surface area contributed by atoms with E-state index < -0.39 is 0 Å². The Hall–Kier alpha value is -3.41. The van der Waals surface area contributed by atoms with Gasteiger partial charge in [-0.2, -0.15) is 5.10 Å². The predicted molar refractivity (Wildman–Crippen MR) is 133 cm³/mol. The molecule has 3 rings (SSSR count). The zero-order chi connectivity index (χ0) is 24.2. The third-order valence-corrected chi connectivity index (χ3v) is 5.47. The summed E-state index contributed by atoms with van der Waals surface area (Å²) < 4.78 is 1.79. The Balaban J connectivity index is 1.98. The summed E-state index contributed by atoms with van der Waals surface area (Å²) in [6.45, 7) is 12.4. The van der Waals surface area contributed by atoms with Crippen molar-refractivity contribution in [2.75, 3.05) is 18.4 Å². The van der Waals surface area contributed by atoms with Crippen LogP contribution in [0, 0.1) is 19.3 Å². The summed E-state index contributed by atoms with van der Waals surface area (Å²) in [5.74, 6) is 0.343. The maximum Gasteiger partial charge on any atom is 0.245 e. The van der Waals surface area contributed by atoms with Crippen molar-refractivity contribution in [3.63, 3.8) is 0 Å². The maximum atomic E-state index is 13.2. The van der Waals surface area contributed by atoms with Gasteiger partial charge >= 0.3 is 0 Å². The average Bonchev–Trinajstić information content (AvgIpc) is 3.07. The molecule has 0 saturated carbocycles. The predicted octanol–water partition coefficient (Wildman–Crippen LogP) is 5.38. The van der Waals surface area contributed by atoms with E-state index >= 15 is 0 Å². The summed E-state index contributed by atoms with van der Waals surface area (Å²) in [5, 5.41) is 7.85. The number of likely N-dealkylation sites (N-methyl/N-ethyl adjacent to an activating group) is 1. The van der Waals surface area contributed by atoms with Crippen LogP contribution in [0.15, 0.2) is 54.6 Å². The molecule has 0 aliphatic heterocycles. The second kappa shape index (κ2) is 10.0. The van der Waals surface area contributed by atoms with Crippen molar-refractivity contribution < 1.29 is 9.59 Å². The minimum atomic E-state index is -0.244. The van der Waals surface area contributed by atoms with Gasteiger partial charge in [-0.1, -0.05) is 69.3 Å². The third-order valence-electron chi connectivity index (χ3n) is 5.47. The third kappa shape index (κ3) is 5.89. The first-order chi connectivity index (χ1) is 15.6. The molecule has 2 aromatic carbocycles. The molecule has 1 N–H and O–H groups in total. The van der Waals surface area contributed by atoms with Crippen molar-refractivity contribution in [2.24, 2.45) is 5.41 Å². The topological polar surface area (TPSA) is 67.2 Å². The summed E-state index contributed by atoms with van der Waals surface area (Å²) in [4.78, 5) is 27.5. The summed E-state index contributed by atoms with van der Waals surface area (Å²) in [6, 6.07) is 17.8. The number of aromatic nitrogens is 2. The number of nitrogens with zero attached hydrogens (tertiary/aromatic N) is 3. The fraction of sp³-hybridized carbons (Fsp3) is 0.370. The number of carbonyl (C=O) groups is 2. The van der Waals surface area contributed by atoms with Gasteiger partial charge in [0, 0.05) is 18.5 Å². The number of aryl methyl sites for hydroxylation is 2. The van der Waals surface area contributed by atoms with Gasteiger partial charge in [0.1, 0.15) is 5.82 Å². The lowest BCUT2D eigenvalue weighted by molar-refractivity contribution is -0.136. The Morgan fingerprint density at radius 1 is 1.00 bits per heavy atom. The van der Waals surface area contributed by atoms with Crippen LogP contribution in [0.5, 0.6) is 0 Å². The first-order valence-corrected chi connectivity index (χ1v) is 11.4. The highest BCUT2D eigenvalue weighted by Crippen LogP contribution is 2.34. The molecular weight excluding hydrogens is 412 g/mol. The molecule has 6 nitrogen and oxygen atoms in total. The molecule has 0 saturated heterocycles. The van der Waals surface area contributed by atoms with Crippen LogP contribution in [0.2, 0.25) is 0 Å². The normalized spacial score (nSPS) is 11.3. The SMILES string of the molecule is CCN(CC(=O)Nc1c(-c2ccccc2)c(C)nn1-c1ccccc1C)C(=O)CC(C)(C)C. The number of amides is 2. The van der Waals surface area contributed by atoms with E-state index in [0.29, 0.717) is 18.8 Å². The molecule has 174 valence electrons. The lowest BCUT2D eigenvalue weighted by atomic mass is 9.91. The molecule has 1 heterocycles. The van der Waals surface area contributed by atoms with Crippen molar-refractivity contribution in [3.8, 4) is 16.8 Å². The summed E-state index contributed by atoms with van der Waals surface area (Å²) >= 11 is 0. The van der Waals surface area contributed by atoms with Crippen LogP contribution >= 0.6 is 0 Å². The Bertz CT molecular complexity index is 1130. The van der Waals surface area contributed by atoms with E-state index in [4.69, 9.17) is 5.10 Å². The van der Waals surface area contributed by atoms with E-state index in [2.05, 4.69) is 5.32 Å². The number of hydrogen-bond donors (Lipinski definition) is 1. The number of rotatable bonds is 7. The van der Waals surface area contributed by atoms with E-state index in [9.17, 15) is 9.59 Å². The van der Waals surface area contributed by atoms with Crippen molar-refractivity contribution >= 4 is 17.6 Å². The van der Waals surface area contributed by atoms with Crippen molar-refractivity contribution in [3.05, 3.63) is 65.9 Å². The maximum absolute atomic E-state index is 13.2. The van der Waals surface area contributed by atoms with Crippen LogP contribution in [0.1, 0.15) is 45.4 Å². The van der Waals surface area contributed by atoms with Crippen LogP contribution in [0.25, 0.3) is 16.8 Å². The number of hydrogen-bond acceptors (Lipinski definition) is 3. The molecule has 3 aromatic rings. The molecule has 0 unspecified atom stereocenters. The molecule has 33 heavy (non-hydrogen) atoms. The lowest BCUT2D eigenvalue weighted by Crippen LogP contribution is -2.39. The summed E-state index contributed by atoms with van der Waals surface area (Å²) in [6.07, 6.45) is 0.392. The van der Waals surface area contributed by atoms with Crippen molar-refractivity contribution in [1.82, 2.24) is 14.7 Å². The molecule has 0 aliphatic rings. The van der Waals surface area contributed by atoms with E-state index in [-0.39, 0.29) is 23.8 Å². The Morgan fingerprint density at radius 2 is 1.64 bits per heavy atom. The van der Waals surface area contributed by atoms with Gasteiger partial charge in [-0.05, 0) is 43.4 Å². The minimum absolute atomic E-state index is 0.00234. The number of para-hydroxylation sites is 1. The van der Waals surface area contributed by atoms with Gasteiger partial charge in [0.15, 0.2) is 0 Å². The van der Waals surface area contributed by atoms with Crippen LogP contribution in [0.3, 0.4) is 0 Å². The monoisotopic (exact) mass is 446 g/mol. The lowest BCUT2D eigenvalue weighted by Gasteiger charge is -2.25. The van der Waals surface area contributed by atoms with Crippen LogP contribution < -0.4 is 5.32 Å². The Labute approximate surface area is 196 Å². The Morgan fingerprint density at radius 3 is 2.24 bits per heavy atom. The minimum Gasteiger partial charge on any atom is -0.334 e. The highest BCUT2D eigenvalue weighted by molar-refractivity contribution is 5.98. The van der Waals surface area contributed by atoms with Gasteiger partial charge in [-0.3, -0.25) is 9.59 Å². The van der Waals surface area contributed by atoms with Gasteiger partial charge in [0.2, 0.25) is 11.8 Å². The fourth-order valence-electron chi connectivity index (χ4n) is 3.86. The van der Waals surface area contributed by atoms with Crippen molar-refractivity contribution in [1.29, 1.82) is 0 Å². The van der Waals surface area contributed by atoms with E-state index in [1.807, 2.05) is 96.1 Å². The molecule has 0 fully saturated rings. The number of carbonyl (C=O) groups excluding carboxylic acids is 2. The first kappa shape index (κ1) is 24.2. The molecular formula is C27H34N4O2. The van der Waals surface area contributed by atoms with E-state index in [0.717, 1.165) is 28.1 Å². The zero-order valence-corrected chi connectivity index (χ0v) is 20.5. The van der Waals surface area contributed by atoms with Crippen LogP contribution in [-0.4, -0.2) is 39.6 Å². The van der Waals surface area contributed by atoms with E-state index in [1.165, 1.54) is 0 Å². The number of benzene rings is 2. The standard InChI is InChI=1S/C27H34N4O2/c1-7-30(24(33)17-27(4,5)6)18-23(32)28-26-25(21-14-9-8-10-15-21)20(3)29-31(26)22-16-12-11-13-19(22)2/h8-16H,7,17-18H2,1-6H3,(H,28,32). The number of nitrogens with one attached hydrogen (secondary N) is 1. The smallest absolute Gasteiger partial charge is 0.245 e. The fourth-order valence-corrected chi connectivity index (χ4v) is 3.86. The molecule has 6 heteroatoms.